The highest BCUT2D eigenvalue weighted by atomic mass is 79.9. The average molecular weight is 162 g/mol. The van der Waals surface area contributed by atoms with Crippen molar-refractivity contribution < 1.29 is 0 Å². The summed E-state index contributed by atoms with van der Waals surface area (Å²) < 4.78 is 0. The van der Waals surface area contributed by atoms with Gasteiger partial charge in [0, 0.05) is 6.54 Å². The lowest BCUT2D eigenvalue weighted by Gasteiger charge is -2.08. The van der Waals surface area contributed by atoms with E-state index in [2.05, 4.69) is 27.1 Å². The SMILES string of the molecule is CN1C[C]=NC1Br. The van der Waals surface area contributed by atoms with Gasteiger partial charge in [0.1, 0.15) is 0 Å². The van der Waals surface area contributed by atoms with Crippen LogP contribution in [0.25, 0.3) is 0 Å². The van der Waals surface area contributed by atoms with Crippen LogP contribution in [-0.4, -0.2) is 29.8 Å². The number of hydrogen-bond donors (Lipinski definition) is 0. The molecule has 39 valence electrons. The summed E-state index contributed by atoms with van der Waals surface area (Å²) in [5, 5.41) is 0.174. The highest BCUT2D eigenvalue weighted by molar-refractivity contribution is 9.09. The predicted molar refractivity (Wildman–Crippen MR) is 32.8 cm³/mol. The molecule has 3 heteroatoms. The quantitative estimate of drug-likeness (QED) is 0.375. The molecule has 1 aliphatic heterocycles. The summed E-state index contributed by atoms with van der Waals surface area (Å²) >= 11 is 3.30. The van der Waals surface area contributed by atoms with E-state index in [1.165, 1.54) is 0 Å². The minimum absolute atomic E-state index is 0.174. The van der Waals surface area contributed by atoms with Crippen LogP contribution in [-0.2, 0) is 0 Å². The van der Waals surface area contributed by atoms with Crippen LogP contribution < -0.4 is 0 Å². The molecule has 0 aromatic rings. The van der Waals surface area contributed by atoms with Gasteiger partial charge in [-0.3, -0.25) is 9.89 Å². The lowest BCUT2D eigenvalue weighted by Crippen LogP contribution is -2.19. The molecular formula is C4H6BrN2. The smallest absolute Gasteiger partial charge is 0.158 e. The highest BCUT2D eigenvalue weighted by Gasteiger charge is 2.11. The predicted octanol–water partition coefficient (Wildman–Crippen LogP) is 0.558. The molecule has 0 bridgehead atoms. The topological polar surface area (TPSA) is 15.6 Å². The van der Waals surface area contributed by atoms with Crippen molar-refractivity contribution in [2.45, 2.75) is 5.08 Å². The first kappa shape index (κ1) is 5.25. The Kier molecular flexibility index (Phi) is 1.44. The van der Waals surface area contributed by atoms with Crippen molar-refractivity contribution in [2.24, 2.45) is 4.99 Å². The summed E-state index contributed by atoms with van der Waals surface area (Å²) in [7, 11) is 1.99. The second-order valence-electron chi connectivity index (χ2n) is 1.51. The number of rotatable bonds is 0. The third kappa shape index (κ3) is 1.01. The zero-order valence-corrected chi connectivity index (χ0v) is 5.64. The van der Waals surface area contributed by atoms with E-state index in [1.807, 2.05) is 11.9 Å². The van der Waals surface area contributed by atoms with Crippen LogP contribution in [0, 0.1) is 0 Å². The first-order valence-corrected chi connectivity index (χ1v) is 2.99. The number of halogens is 1. The molecule has 1 aliphatic rings. The summed E-state index contributed by atoms with van der Waals surface area (Å²) in [5.74, 6) is 0. The lowest BCUT2D eigenvalue weighted by atomic mass is 10.7. The van der Waals surface area contributed by atoms with E-state index in [4.69, 9.17) is 0 Å². The monoisotopic (exact) mass is 161 g/mol. The van der Waals surface area contributed by atoms with Crippen molar-refractivity contribution in [1.29, 1.82) is 0 Å². The molecule has 7 heavy (non-hydrogen) atoms. The molecule has 2 nitrogen and oxygen atoms in total. The average Bonchev–Trinajstić information content (AvgIpc) is 1.91. The third-order valence-electron chi connectivity index (χ3n) is 0.882. The molecule has 1 radical (unpaired) electrons. The van der Waals surface area contributed by atoms with Crippen molar-refractivity contribution in [3.05, 3.63) is 0 Å². The van der Waals surface area contributed by atoms with E-state index in [-0.39, 0.29) is 5.08 Å². The van der Waals surface area contributed by atoms with Crippen molar-refractivity contribution in [3.8, 4) is 0 Å². The largest absolute Gasteiger partial charge is 0.270 e. The molecule has 0 saturated heterocycles. The zero-order valence-electron chi connectivity index (χ0n) is 4.06. The van der Waals surface area contributed by atoms with E-state index in [9.17, 15) is 0 Å². The Morgan fingerprint density at radius 2 is 2.71 bits per heavy atom. The molecular weight excluding hydrogens is 156 g/mol. The fourth-order valence-corrected chi connectivity index (χ4v) is 0.691. The Labute approximate surface area is 51.4 Å². The van der Waals surface area contributed by atoms with E-state index in [0.29, 0.717) is 0 Å². The Hall–Kier alpha value is 0.110. The number of aliphatic imine (C=N–C) groups is 1. The maximum atomic E-state index is 3.91. The first-order valence-electron chi connectivity index (χ1n) is 2.08. The van der Waals surface area contributed by atoms with Gasteiger partial charge in [-0.2, -0.15) is 0 Å². The zero-order chi connectivity index (χ0) is 5.28. The third-order valence-corrected chi connectivity index (χ3v) is 1.79. The van der Waals surface area contributed by atoms with E-state index in [0.717, 1.165) is 6.54 Å². The lowest BCUT2D eigenvalue weighted by molar-refractivity contribution is 0.398. The van der Waals surface area contributed by atoms with E-state index < -0.39 is 0 Å². The Morgan fingerprint density at radius 3 is 2.86 bits per heavy atom. The van der Waals surface area contributed by atoms with Crippen LogP contribution in [0.1, 0.15) is 0 Å². The fourth-order valence-electron chi connectivity index (χ4n) is 0.402. The van der Waals surface area contributed by atoms with E-state index >= 15 is 0 Å². The molecule has 0 saturated carbocycles. The van der Waals surface area contributed by atoms with Crippen molar-refractivity contribution in [2.75, 3.05) is 13.6 Å². The second-order valence-corrected chi connectivity index (χ2v) is 2.33. The molecule has 1 heterocycles. The molecule has 0 amide bonds. The van der Waals surface area contributed by atoms with Gasteiger partial charge in [-0.25, -0.2) is 0 Å². The first-order chi connectivity index (χ1) is 3.30. The van der Waals surface area contributed by atoms with Crippen LogP contribution in [0.15, 0.2) is 4.99 Å². The second kappa shape index (κ2) is 1.92. The van der Waals surface area contributed by atoms with Gasteiger partial charge in [0.2, 0.25) is 0 Å². The van der Waals surface area contributed by atoms with Gasteiger partial charge < -0.3 is 0 Å². The van der Waals surface area contributed by atoms with Gasteiger partial charge in [-0.05, 0) is 23.0 Å². The normalized spacial score (nSPS) is 32.0. The molecule has 0 N–H and O–H groups in total. The summed E-state index contributed by atoms with van der Waals surface area (Å²) in [6.07, 6.45) is 2.83. The van der Waals surface area contributed by atoms with Gasteiger partial charge in [0.05, 0.1) is 6.21 Å². The van der Waals surface area contributed by atoms with Crippen LogP contribution in [0.2, 0.25) is 0 Å². The summed E-state index contributed by atoms with van der Waals surface area (Å²) in [6, 6.07) is 0. The number of alkyl halides is 1. The molecule has 0 spiro atoms. The van der Waals surface area contributed by atoms with Crippen LogP contribution in [0.4, 0.5) is 0 Å². The molecule has 1 atom stereocenters. The number of nitrogens with zero attached hydrogens (tertiary/aromatic N) is 2. The molecule has 0 aromatic carbocycles. The van der Waals surface area contributed by atoms with Crippen LogP contribution >= 0.6 is 15.9 Å². The molecule has 0 fully saturated rings. The molecule has 1 rings (SSSR count). The molecule has 0 aliphatic carbocycles. The Morgan fingerprint density at radius 1 is 2.00 bits per heavy atom. The fraction of sp³-hybridized carbons (Fsp3) is 0.750. The van der Waals surface area contributed by atoms with Crippen molar-refractivity contribution >= 4 is 22.1 Å². The van der Waals surface area contributed by atoms with Crippen LogP contribution in [0.3, 0.4) is 0 Å². The summed E-state index contributed by atoms with van der Waals surface area (Å²) in [4.78, 5) is 5.95. The van der Waals surface area contributed by atoms with Gasteiger partial charge >= 0.3 is 0 Å². The van der Waals surface area contributed by atoms with Crippen LogP contribution in [0.5, 0.6) is 0 Å². The van der Waals surface area contributed by atoms with Crippen molar-refractivity contribution in [1.82, 2.24) is 4.90 Å². The maximum absolute atomic E-state index is 3.91. The molecule has 0 aromatic heterocycles. The summed E-state index contributed by atoms with van der Waals surface area (Å²) in [5.41, 5.74) is 0. The van der Waals surface area contributed by atoms with Gasteiger partial charge in [0.25, 0.3) is 0 Å². The van der Waals surface area contributed by atoms with Gasteiger partial charge in [-0.15, -0.1) is 0 Å². The Balaban J connectivity index is 2.45. The minimum Gasteiger partial charge on any atom is -0.270 e. The highest BCUT2D eigenvalue weighted by Crippen LogP contribution is 2.08. The van der Waals surface area contributed by atoms with Gasteiger partial charge in [0.15, 0.2) is 5.08 Å². The van der Waals surface area contributed by atoms with Crippen molar-refractivity contribution in [3.63, 3.8) is 0 Å². The minimum atomic E-state index is 0.174. The molecule has 1 unspecified atom stereocenters. The van der Waals surface area contributed by atoms with Gasteiger partial charge in [-0.1, -0.05) is 0 Å². The van der Waals surface area contributed by atoms with E-state index in [1.54, 1.807) is 0 Å². The Bertz CT molecular complexity index is 91.7. The number of hydrogen-bond acceptors (Lipinski definition) is 2. The standard InChI is InChI=1S/C4H6BrN2/c1-7-3-2-6-4(7)5/h4H,3H2,1H3. The summed E-state index contributed by atoms with van der Waals surface area (Å²) in [6.45, 7) is 0.843. The maximum Gasteiger partial charge on any atom is 0.158 e.